The summed E-state index contributed by atoms with van der Waals surface area (Å²) < 4.78 is 0. The molecule has 1 amide bonds. The van der Waals surface area contributed by atoms with Gasteiger partial charge in [-0.25, -0.2) is 0 Å². The van der Waals surface area contributed by atoms with Gasteiger partial charge in [0.1, 0.15) is 0 Å². The van der Waals surface area contributed by atoms with Crippen LogP contribution >= 0.6 is 0 Å². The van der Waals surface area contributed by atoms with Crippen molar-refractivity contribution in [3.8, 4) is 0 Å². The normalized spacial score (nSPS) is 15.9. The molecule has 5 nitrogen and oxygen atoms in total. The molecule has 1 aromatic carbocycles. The molecule has 2 aromatic rings. The molecular weight excluding hydrogens is 312 g/mol. The van der Waals surface area contributed by atoms with Crippen molar-refractivity contribution in [3.63, 3.8) is 0 Å². The first-order chi connectivity index (χ1) is 12.2. The van der Waals surface area contributed by atoms with Crippen LogP contribution in [-0.2, 0) is 6.54 Å². The maximum atomic E-state index is 12.9. The van der Waals surface area contributed by atoms with Crippen LogP contribution in [0, 0.1) is 0 Å². The molecular formula is C20H26N4O. The fraction of sp³-hybridized carbons (Fsp3) is 0.400. The van der Waals surface area contributed by atoms with Crippen molar-refractivity contribution in [2.45, 2.75) is 6.54 Å². The van der Waals surface area contributed by atoms with E-state index >= 15 is 0 Å². The Morgan fingerprint density at radius 1 is 1.08 bits per heavy atom. The van der Waals surface area contributed by atoms with Crippen LogP contribution in [-0.4, -0.2) is 71.9 Å². The van der Waals surface area contributed by atoms with Gasteiger partial charge in [0, 0.05) is 58.2 Å². The highest BCUT2D eigenvalue weighted by atomic mass is 16.2. The van der Waals surface area contributed by atoms with Crippen LogP contribution in [0.15, 0.2) is 54.9 Å². The van der Waals surface area contributed by atoms with E-state index in [0.717, 1.165) is 44.8 Å². The molecule has 3 rings (SSSR count). The highest BCUT2D eigenvalue weighted by Crippen LogP contribution is 2.10. The van der Waals surface area contributed by atoms with E-state index in [9.17, 15) is 4.79 Å². The van der Waals surface area contributed by atoms with Gasteiger partial charge in [-0.05, 0) is 24.7 Å². The zero-order valence-corrected chi connectivity index (χ0v) is 14.8. The highest BCUT2D eigenvalue weighted by Gasteiger charge is 2.19. The second kappa shape index (κ2) is 8.74. The Labute approximate surface area is 149 Å². The van der Waals surface area contributed by atoms with Crippen molar-refractivity contribution in [1.82, 2.24) is 19.7 Å². The first kappa shape index (κ1) is 17.6. The lowest BCUT2D eigenvalue weighted by Crippen LogP contribution is -2.47. The third kappa shape index (κ3) is 5.11. The Bertz CT molecular complexity index is 654. The van der Waals surface area contributed by atoms with Gasteiger partial charge in [-0.15, -0.1) is 0 Å². The minimum absolute atomic E-state index is 0.0473. The Balaban J connectivity index is 1.66. The summed E-state index contributed by atoms with van der Waals surface area (Å²) in [5.41, 5.74) is 1.80. The van der Waals surface area contributed by atoms with E-state index in [4.69, 9.17) is 0 Å². The number of aromatic nitrogens is 1. The van der Waals surface area contributed by atoms with Gasteiger partial charge < -0.3 is 9.80 Å². The number of amides is 1. The van der Waals surface area contributed by atoms with E-state index < -0.39 is 0 Å². The Morgan fingerprint density at radius 3 is 2.52 bits per heavy atom. The first-order valence-electron chi connectivity index (χ1n) is 8.86. The molecule has 1 aromatic heterocycles. The quantitative estimate of drug-likeness (QED) is 0.807. The third-order valence-corrected chi connectivity index (χ3v) is 4.69. The van der Waals surface area contributed by atoms with E-state index in [0.29, 0.717) is 12.1 Å². The van der Waals surface area contributed by atoms with Gasteiger partial charge in [0.05, 0.1) is 5.56 Å². The van der Waals surface area contributed by atoms with Gasteiger partial charge in [-0.3, -0.25) is 14.7 Å². The van der Waals surface area contributed by atoms with Crippen molar-refractivity contribution in [1.29, 1.82) is 0 Å². The summed E-state index contributed by atoms with van der Waals surface area (Å²) in [6.45, 7) is 6.58. The van der Waals surface area contributed by atoms with Crippen molar-refractivity contribution in [3.05, 3.63) is 66.0 Å². The molecule has 0 N–H and O–H groups in total. The number of pyridine rings is 1. The second-order valence-corrected chi connectivity index (χ2v) is 6.60. The molecule has 1 aliphatic rings. The summed E-state index contributed by atoms with van der Waals surface area (Å²) in [6.07, 6.45) is 3.35. The molecule has 0 spiro atoms. The minimum atomic E-state index is 0.0473. The number of nitrogens with zero attached hydrogens (tertiary/aromatic N) is 4. The van der Waals surface area contributed by atoms with Crippen LogP contribution < -0.4 is 0 Å². The summed E-state index contributed by atoms with van der Waals surface area (Å²) in [7, 11) is 2.16. The molecule has 5 heteroatoms. The van der Waals surface area contributed by atoms with Crippen LogP contribution in [0.4, 0.5) is 0 Å². The molecule has 1 saturated heterocycles. The second-order valence-electron chi connectivity index (χ2n) is 6.60. The molecule has 1 aliphatic heterocycles. The minimum Gasteiger partial charge on any atom is -0.333 e. The van der Waals surface area contributed by atoms with Crippen LogP contribution in [0.3, 0.4) is 0 Å². The number of carbonyl (C=O) groups is 1. The molecule has 0 bridgehead atoms. The fourth-order valence-electron chi connectivity index (χ4n) is 3.06. The largest absolute Gasteiger partial charge is 0.333 e. The van der Waals surface area contributed by atoms with Crippen molar-refractivity contribution >= 4 is 5.91 Å². The highest BCUT2D eigenvalue weighted by molar-refractivity contribution is 5.93. The fourth-order valence-corrected chi connectivity index (χ4v) is 3.06. The van der Waals surface area contributed by atoms with E-state index in [1.165, 1.54) is 0 Å². The molecule has 0 saturated carbocycles. The monoisotopic (exact) mass is 338 g/mol. The van der Waals surface area contributed by atoms with Crippen molar-refractivity contribution in [2.75, 3.05) is 46.3 Å². The van der Waals surface area contributed by atoms with E-state index in [-0.39, 0.29) is 5.91 Å². The molecule has 2 heterocycles. The van der Waals surface area contributed by atoms with Gasteiger partial charge in [-0.2, -0.15) is 0 Å². The number of likely N-dealkylation sites (N-methyl/N-ethyl adjacent to an activating group) is 1. The van der Waals surface area contributed by atoms with Crippen LogP contribution in [0.1, 0.15) is 15.9 Å². The maximum Gasteiger partial charge on any atom is 0.255 e. The summed E-state index contributed by atoms with van der Waals surface area (Å²) in [5, 5.41) is 0. The van der Waals surface area contributed by atoms with Gasteiger partial charge in [0.15, 0.2) is 0 Å². The standard InChI is InChI=1S/C20H26N4O/c1-22-10-12-23(13-11-22)14-15-24(17-18-6-3-2-4-7-18)20(25)19-8-5-9-21-16-19/h2-9,16H,10-15,17H2,1H3. The maximum absolute atomic E-state index is 12.9. The first-order valence-corrected chi connectivity index (χ1v) is 8.86. The van der Waals surface area contributed by atoms with E-state index in [2.05, 4.69) is 34.0 Å². The SMILES string of the molecule is CN1CCN(CCN(Cc2ccccc2)C(=O)c2cccnc2)CC1. The number of benzene rings is 1. The average molecular weight is 338 g/mol. The lowest BCUT2D eigenvalue weighted by molar-refractivity contribution is 0.0700. The molecule has 0 aliphatic carbocycles. The summed E-state index contributed by atoms with van der Waals surface area (Å²) in [4.78, 5) is 23.7. The number of piperazine rings is 1. The molecule has 1 fully saturated rings. The number of hydrogen-bond acceptors (Lipinski definition) is 4. The third-order valence-electron chi connectivity index (χ3n) is 4.69. The lowest BCUT2D eigenvalue weighted by atomic mass is 10.2. The van der Waals surface area contributed by atoms with Crippen molar-refractivity contribution in [2.24, 2.45) is 0 Å². The number of carbonyl (C=O) groups excluding carboxylic acids is 1. The van der Waals surface area contributed by atoms with Crippen LogP contribution in [0.25, 0.3) is 0 Å². The van der Waals surface area contributed by atoms with E-state index in [1.807, 2.05) is 35.2 Å². The predicted molar refractivity (Wildman–Crippen MR) is 99.4 cm³/mol. The zero-order chi connectivity index (χ0) is 17.5. The lowest BCUT2D eigenvalue weighted by Gasteiger charge is -2.34. The van der Waals surface area contributed by atoms with Gasteiger partial charge in [-0.1, -0.05) is 30.3 Å². The Hall–Kier alpha value is -2.24. The Kier molecular flexibility index (Phi) is 6.14. The molecule has 0 atom stereocenters. The number of rotatable bonds is 6. The molecule has 25 heavy (non-hydrogen) atoms. The predicted octanol–water partition coefficient (Wildman–Crippen LogP) is 1.97. The smallest absolute Gasteiger partial charge is 0.255 e. The zero-order valence-electron chi connectivity index (χ0n) is 14.8. The average Bonchev–Trinajstić information content (AvgIpc) is 2.67. The van der Waals surface area contributed by atoms with E-state index in [1.54, 1.807) is 12.4 Å². The molecule has 0 unspecified atom stereocenters. The number of hydrogen-bond donors (Lipinski definition) is 0. The topological polar surface area (TPSA) is 39.7 Å². The van der Waals surface area contributed by atoms with Gasteiger partial charge >= 0.3 is 0 Å². The summed E-state index contributed by atoms with van der Waals surface area (Å²) in [6, 6.07) is 13.8. The van der Waals surface area contributed by atoms with Crippen LogP contribution in [0.5, 0.6) is 0 Å². The summed E-state index contributed by atoms with van der Waals surface area (Å²) >= 11 is 0. The van der Waals surface area contributed by atoms with Crippen LogP contribution in [0.2, 0.25) is 0 Å². The summed E-state index contributed by atoms with van der Waals surface area (Å²) in [5.74, 6) is 0.0473. The molecule has 132 valence electrons. The van der Waals surface area contributed by atoms with Crippen molar-refractivity contribution < 1.29 is 4.79 Å². The Morgan fingerprint density at radius 2 is 1.84 bits per heavy atom. The molecule has 0 radical (unpaired) electrons. The van der Waals surface area contributed by atoms with Gasteiger partial charge in [0.25, 0.3) is 5.91 Å². The van der Waals surface area contributed by atoms with Gasteiger partial charge in [0.2, 0.25) is 0 Å².